The van der Waals surface area contributed by atoms with Crippen molar-refractivity contribution in [3.05, 3.63) is 28.3 Å². The van der Waals surface area contributed by atoms with Gasteiger partial charge in [0.25, 0.3) is 0 Å². The lowest BCUT2D eigenvalue weighted by Gasteiger charge is -2.20. The van der Waals surface area contributed by atoms with Crippen molar-refractivity contribution in [1.82, 2.24) is 4.90 Å². The Morgan fingerprint density at radius 3 is 2.68 bits per heavy atom. The molecule has 1 unspecified atom stereocenters. The zero-order chi connectivity index (χ0) is 14.4. The van der Waals surface area contributed by atoms with Gasteiger partial charge in [0.05, 0.1) is 11.5 Å². The number of benzene rings is 1. The monoisotopic (exact) mass is 267 g/mol. The van der Waals surface area contributed by atoms with Gasteiger partial charge in [-0.2, -0.15) is 0 Å². The summed E-state index contributed by atoms with van der Waals surface area (Å²) in [4.78, 5) is 12.8. The fourth-order valence-corrected chi connectivity index (χ4v) is 1.57. The van der Waals surface area contributed by atoms with E-state index < -0.39 is 4.92 Å². The maximum atomic E-state index is 11.2. The summed E-state index contributed by atoms with van der Waals surface area (Å²) in [7, 11) is 3.94. The van der Waals surface area contributed by atoms with E-state index in [1.807, 2.05) is 25.9 Å². The molecule has 1 atom stereocenters. The summed E-state index contributed by atoms with van der Waals surface area (Å²) in [6.07, 6.45) is 0. The van der Waals surface area contributed by atoms with E-state index >= 15 is 0 Å². The van der Waals surface area contributed by atoms with Crippen LogP contribution in [-0.4, -0.2) is 43.1 Å². The zero-order valence-corrected chi connectivity index (χ0v) is 11.8. The summed E-state index contributed by atoms with van der Waals surface area (Å²) in [6, 6.07) is 5.33. The van der Waals surface area contributed by atoms with Gasteiger partial charge in [-0.3, -0.25) is 10.1 Å². The first-order valence-electron chi connectivity index (χ1n) is 6.27. The number of anilines is 1. The van der Waals surface area contributed by atoms with Crippen molar-refractivity contribution in [1.29, 1.82) is 0 Å². The number of nitro groups is 1. The number of rotatable bonds is 7. The third-order valence-corrected chi connectivity index (χ3v) is 2.95. The smallest absolute Gasteiger partial charge is 0.333 e. The normalized spacial score (nSPS) is 12.3. The molecule has 0 radical (unpaired) electrons. The second-order valence-electron chi connectivity index (χ2n) is 4.54. The Morgan fingerprint density at radius 1 is 1.47 bits per heavy atom. The van der Waals surface area contributed by atoms with Crippen LogP contribution in [0.3, 0.4) is 0 Å². The summed E-state index contributed by atoms with van der Waals surface area (Å²) in [5.41, 5.74) is 0.486. The van der Waals surface area contributed by atoms with Gasteiger partial charge in [-0.25, -0.2) is 0 Å². The molecule has 106 valence electrons. The van der Waals surface area contributed by atoms with Gasteiger partial charge in [0.1, 0.15) is 5.69 Å². The van der Waals surface area contributed by atoms with E-state index in [1.54, 1.807) is 25.1 Å². The summed E-state index contributed by atoms with van der Waals surface area (Å²) in [6.45, 7) is 4.88. The fraction of sp³-hybridized carbons (Fsp3) is 0.538. The lowest BCUT2D eigenvalue weighted by molar-refractivity contribution is -0.384. The van der Waals surface area contributed by atoms with Crippen LogP contribution in [0.15, 0.2) is 18.2 Å². The number of ether oxygens (including phenoxy) is 1. The van der Waals surface area contributed by atoms with E-state index in [2.05, 4.69) is 5.32 Å². The number of nitrogens with one attached hydrogen (secondary N) is 1. The predicted molar refractivity (Wildman–Crippen MR) is 75.9 cm³/mol. The molecular weight excluding hydrogens is 246 g/mol. The minimum Gasteiger partial charge on any atom is -0.487 e. The molecule has 0 saturated heterocycles. The van der Waals surface area contributed by atoms with Gasteiger partial charge in [0.2, 0.25) is 0 Å². The van der Waals surface area contributed by atoms with Gasteiger partial charge in [-0.05, 0) is 40.1 Å². The number of hydrogen-bond acceptors (Lipinski definition) is 5. The van der Waals surface area contributed by atoms with Crippen molar-refractivity contribution in [2.45, 2.75) is 19.9 Å². The number of nitro benzene ring substituents is 1. The molecule has 6 nitrogen and oxygen atoms in total. The zero-order valence-electron chi connectivity index (χ0n) is 11.8. The van der Waals surface area contributed by atoms with Crippen molar-refractivity contribution in [3.63, 3.8) is 0 Å². The Labute approximate surface area is 113 Å². The number of nitrogens with zero attached hydrogens (tertiary/aromatic N) is 2. The molecule has 0 bridgehead atoms. The van der Waals surface area contributed by atoms with Gasteiger partial charge >= 0.3 is 5.69 Å². The maximum Gasteiger partial charge on any atom is 0.333 e. The van der Waals surface area contributed by atoms with E-state index in [0.717, 1.165) is 0 Å². The highest BCUT2D eigenvalue weighted by Crippen LogP contribution is 2.34. The summed E-state index contributed by atoms with van der Waals surface area (Å²) in [5.74, 6) is 0.301. The highest BCUT2D eigenvalue weighted by Gasteiger charge is 2.21. The Bertz CT molecular complexity index is 435. The van der Waals surface area contributed by atoms with Gasteiger partial charge in [0.15, 0.2) is 5.75 Å². The highest BCUT2D eigenvalue weighted by atomic mass is 16.6. The van der Waals surface area contributed by atoms with E-state index in [4.69, 9.17) is 4.74 Å². The molecule has 0 fully saturated rings. The summed E-state index contributed by atoms with van der Waals surface area (Å²) < 4.78 is 5.30. The quantitative estimate of drug-likeness (QED) is 0.606. The Balaban J connectivity index is 2.93. The molecule has 1 rings (SSSR count). The van der Waals surface area contributed by atoms with Gasteiger partial charge in [-0.1, -0.05) is 6.07 Å². The standard InChI is InChI=1S/C13H21N3O3/c1-5-19-12-8-6-7-11(13(12)16(17)18)14-9-10(2)15(3)4/h6-8,10,14H,5,9H2,1-4H3. The average Bonchev–Trinajstić information content (AvgIpc) is 2.35. The van der Waals surface area contributed by atoms with E-state index in [9.17, 15) is 10.1 Å². The molecule has 0 aromatic heterocycles. The largest absolute Gasteiger partial charge is 0.487 e. The minimum atomic E-state index is -0.409. The third-order valence-electron chi connectivity index (χ3n) is 2.95. The van der Waals surface area contributed by atoms with Crippen LogP contribution in [-0.2, 0) is 0 Å². The van der Waals surface area contributed by atoms with Crippen LogP contribution in [0.5, 0.6) is 5.75 Å². The summed E-state index contributed by atoms with van der Waals surface area (Å²) in [5, 5.41) is 14.3. The van der Waals surface area contributed by atoms with Crippen molar-refractivity contribution in [2.75, 3.05) is 32.6 Å². The van der Waals surface area contributed by atoms with Crippen molar-refractivity contribution >= 4 is 11.4 Å². The van der Waals surface area contributed by atoms with Crippen LogP contribution in [0.25, 0.3) is 0 Å². The second-order valence-corrected chi connectivity index (χ2v) is 4.54. The molecule has 0 aliphatic rings. The Morgan fingerprint density at radius 2 is 2.16 bits per heavy atom. The first-order chi connectivity index (χ1) is 8.97. The molecule has 0 amide bonds. The second kappa shape index (κ2) is 6.94. The number of likely N-dealkylation sites (N-methyl/N-ethyl adjacent to an activating group) is 1. The summed E-state index contributed by atoms with van der Waals surface area (Å²) >= 11 is 0. The Kier molecular flexibility index (Phi) is 5.57. The number of para-hydroxylation sites is 1. The Hall–Kier alpha value is -1.82. The van der Waals surface area contributed by atoms with Crippen molar-refractivity contribution in [2.24, 2.45) is 0 Å². The van der Waals surface area contributed by atoms with Crippen molar-refractivity contribution < 1.29 is 9.66 Å². The topological polar surface area (TPSA) is 67.6 Å². The molecule has 0 heterocycles. The van der Waals surface area contributed by atoms with Crippen LogP contribution in [0, 0.1) is 10.1 Å². The molecule has 0 aliphatic carbocycles. The molecule has 1 N–H and O–H groups in total. The molecule has 1 aromatic carbocycles. The molecule has 19 heavy (non-hydrogen) atoms. The van der Waals surface area contributed by atoms with E-state index in [1.165, 1.54) is 0 Å². The van der Waals surface area contributed by atoms with Crippen molar-refractivity contribution in [3.8, 4) is 5.75 Å². The molecule has 0 saturated carbocycles. The van der Waals surface area contributed by atoms with Crippen LogP contribution >= 0.6 is 0 Å². The van der Waals surface area contributed by atoms with E-state index in [-0.39, 0.29) is 11.7 Å². The van der Waals surface area contributed by atoms with Crippen LogP contribution in [0.2, 0.25) is 0 Å². The molecule has 0 spiro atoms. The minimum absolute atomic E-state index is 0.00435. The maximum absolute atomic E-state index is 11.2. The average molecular weight is 267 g/mol. The third kappa shape index (κ3) is 4.10. The molecule has 6 heteroatoms. The number of hydrogen-bond donors (Lipinski definition) is 1. The van der Waals surface area contributed by atoms with E-state index in [0.29, 0.717) is 24.6 Å². The fourth-order valence-electron chi connectivity index (χ4n) is 1.57. The van der Waals surface area contributed by atoms with Crippen LogP contribution in [0.1, 0.15) is 13.8 Å². The molecule has 0 aliphatic heterocycles. The van der Waals surface area contributed by atoms with Gasteiger partial charge in [-0.15, -0.1) is 0 Å². The predicted octanol–water partition coefficient (Wildman–Crippen LogP) is 2.36. The van der Waals surface area contributed by atoms with Gasteiger partial charge in [0, 0.05) is 12.6 Å². The first-order valence-corrected chi connectivity index (χ1v) is 6.27. The molecule has 1 aromatic rings. The lowest BCUT2D eigenvalue weighted by atomic mass is 10.2. The first kappa shape index (κ1) is 15.2. The van der Waals surface area contributed by atoms with Gasteiger partial charge < -0.3 is 15.0 Å². The lowest BCUT2D eigenvalue weighted by Crippen LogP contribution is -2.31. The van der Waals surface area contributed by atoms with Crippen LogP contribution in [0.4, 0.5) is 11.4 Å². The van der Waals surface area contributed by atoms with Crippen LogP contribution < -0.4 is 10.1 Å². The molecular formula is C13H21N3O3. The SMILES string of the molecule is CCOc1cccc(NCC(C)N(C)C)c1[N+](=O)[O-]. The highest BCUT2D eigenvalue weighted by molar-refractivity contribution is 5.68.